The molecule has 0 fully saturated rings. The van der Waals surface area contributed by atoms with Crippen molar-refractivity contribution in [3.8, 4) is 39.6 Å². The van der Waals surface area contributed by atoms with Crippen molar-refractivity contribution in [3.05, 3.63) is 189 Å². The van der Waals surface area contributed by atoms with E-state index < -0.39 is 0 Å². The van der Waals surface area contributed by atoms with Crippen LogP contribution in [0.1, 0.15) is 26.3 Å². The molecule has 268 valence electrons. The number of rotatable bonds is 7. The molecule has 0 radical (unpaired) electrons. The molecule has 6 heteroatoms. The van der Waals surface area contributed by atoms with Gasteiger partial charge in [-0.25, -0.2) is 4.98 Å². The van der Waals surface area contributed by atoms with E-state index in [4.69, 9.17) is 9.72 Å². The molecular weight excluding hydrogens is 844 g/mol. The van der Waals surface area contributed by atoms with Crippen LogP contribution < -0.4 is 14.5 Å². The Kier molecular flexibility index (Phi) is 9.43. The first-order chi connectivity index (χ1) is 25.9. The van der Waals surface area contributed by atoms with E-state index in [-0.39, 0.29) is 26.5 Å². The zero-order valence-electron chi connectivity index (χ0n) is 30.2. The molecule has 0 atom stereocenters. The molecule has 1 aliphatic rings. The van der Waals surface area contributed by atoms with Crippen molar-refractivity contribution < 1.29 is 25.8 Å². The minimum atomic E-state index is -0.00848. The van der Waals surface area contributed by atoms with Gasteiger partial charge < -0.3 is 19.1 Å². The molecule has 9 rings (SSSR count). The Morgan fingerprint density at radius 2 is 1.33 bits per heavy atom. The van der Waals surface area contributed by atoms with Gasteiger partial charge in [-0.2, -0.15) is 12.1 Å². The average molecular weight is 881 g/mol. The predicted octanol–water partition coefficient (Wildman–Crippen LogP) is 12.1. The van der Waals surface area contributed by atoms with Crippen LogP contribution in [0.5, 0.6) is 11.5 Å². The Balaban J connectivity index is 0.00000413. The van der Waals surface area contributed by atoms with Crippen LogP contribution in [0.4, 0.5) is 11.4 Å². The molecule has 0 amide bonds. The molecule has 0 saturated heterocycles. The fourth-order valence-corrected chi connectivity index (χ4v) is 7.00. The fraction of sp³-hybridized carbons (Fsp3) is 0.0833. The van der Waals surface area contributed by atoms with Crippen LogP contribution in [0.25, 0.3) is 49.9 Å². The van der Waals surface area contributed by atoms with E-state index >= 15 is 0 Å². The van der Waals surface area contributed by atoms with Gasteiger partial charge in [0.25, 0.3) is 0 Å². The molecule has 0 unspecified atom stereocenters. The van der Waals surface area contributed by atoms with E-state index in [9.17, 15) is 0 Å². The Morgan fingerprint density at radius 1 is 0.611 bits per heavy atom. The minimum Gasteiger partial charge on any atom is -0.509 e. The normalized spacial score (nSPS) is 12.7. The summed E-state index contributed by atoms with van der Waals surface area (Å²) < 4.78 is 8.65. The minimum absolute atomic E-state index is 0. The third-order valence-corrected chi connectivity index (χ3v) is 9.75. The van der Waals surface area contributed by atoms with Gasteiger partial charge in [-0.1, -0.05) is 111 Å². The summed E-state index contributed by atoms with van der Waals surface area (Å²) in [5.74, 6) is 2.07. The fourth-order valence-electron chi connectivity index (χ4n) is 7.00. The van der Waals surface area contributed by atoms with Gasteiger partial charge in [0, 0.05) is 55.5 Å². The third kappa shape index (κ3) is 6.72. The third-order valence-electron chi connectivity index (χ3n) is 9.75. The summed E-state index contributed by atoms with van der Waals surface area (Å²) >= 11 is 0. The van der Waals surface area contributed by atoms with Crippen molar-refractivity contribution in [2.75, 3.05) is 9.80 Å². The predicted molar refractivity (Wildman–Crippen MR) is 217 cm³/mol. The van der Waals surface area contributed by atoms with Crippen LogP contribution in [-0.4, -0.2) is 9.55 Å². The topological polar surface area (TPSA) is 33.5 Å². The maximum absolute atomic E-state index is 6.47. The van der Waals surface area contributed by atoms with E-state index in [1.165, 1.54) is 16.7 Å². The first kappa shape index (κ1) is 35.1. The van der Waals surface area contributed by atoms with Gasteiger partial charge in [0.2, 0.25) is 0 Å². The molecule has 6 aromatic carbocycles. The zero-order chi connectivity index (χ0) is 35.9. The number of benzene rings is 6. The van der Waals surface area contributed by atoms with Gasteiger partial charge in [-0.3, -0.25) is 0 Å². The van der Waals surface area contributed by atoms with Gasteiger partial charge in [0.1, 0.15) is 5.82 Å². The molecule has 0 aliphatic carbocycles. The molecule has 5 nitrogen and oxygen atoms in total. The second kappa shape index (κ2) is 14.5. The Morgan fingerprint density at radius 3 is 2.13 bits per heavy atom. The maximum atomic E-state index is 6.47. The van der Waals surface area contributed by atoms with Gasteiger partial charge in [0.05, 0.1) is 0 Å². The number of ether oxygens (including phenoxy) is 1. The van der Waals surface area contributed by atoms with Crippen molar-refractivity contribution in [1.29, 1.82) is 0 Å². The van der Waals surface area contributed by atoms with E-state index in [1.807, 2.05) is 42.7 Å². The van der Waals surface area contributed by atoms with E-state index in [2.05, 4.69) is 175 Å². The monoisotopic (exact) mass is 880 g/mol. The SMILES string of the molecule is CC(C)(C)c1ccnc(-n2c3[c-]c(Oc4[c-]c(N5C=CN(c6ccc(-c7ccccc7)cc6-c6ccccc6)[CH-]5)ccc4)ccc3c3ccccc32)c1.[Pt]. The van der Waals surface area contributed by atoms with Crippen LogP contribution >= 0.6 is 0 Å². The number of pyridine rings is 1. The maximum Gasteiger partial charge on any atom is 0.135 e. The summed E-state index contributed by atoms with van der Waals surface area (Å²) in [5.41, 5.74) is 9.83. The molecule has 3 heterocycles. The summed E-state index contributed by atoms with van der Waals surface area (Å²) in [4.78, 5) is 9.03. The number of para-hydroxylation sites is 1. The number of hydrogen-bond acceptors (Lipinski definition) is 4. The Hall–Kier alpha value is -5.90. The van der Waals surface area contributed by atoms with E-state index in [0.717, 1.165) is 50.1 Å². The summed E-state index contributed by atoms with van der Waals surface area (Å²) in [6, 6.07) is 57.5. The number of anilines is 2. The number of fused-ring (bicyclic) bond motifs is 3. The zero-order valence-corrected chi connectivity index (χ0v) is 32.5. The number of hydrogen-bond donors (Lipinski definition) is 0. The molecule has 2 aromatic heterocycles. The summed E-state index contributed by atoms with van der Waals surface area (Å²) in [6.45, 7) is 8.74. The van der Waals surface area contributed by atoms with E-state index in [1.54, 1.807) is 0 Å². The standard InChI is InChI=1S/C48H37N4O.Pt/c1-48(2,3)37-25-26-49-47(30-37)52-45-20-11-10-19-41(45)42-23-22-40(32-46(42)52)53-39-18-12-17-38(31-39)50-27-28-51(33-50)44-24-21-36(34-13-6-4-7-14-34)29-43(44)35-15-8-5-9-16-35;/h4-30,33H,1-3H3;/q-3;. The van der Waals surface area contributed by atoms with E-state index in [0.29, 0.717) is 11.5 Å². The first-order valence-electron chi connectivity index (χ1n) is 17.9. The summed E-state index contributed by atoms with van der Waals surface area (Å²) in [6.07, 6.45) is 6.02. The molecular formula is C48H37N4OPt-3. The van der Waals surface area contributed by atoms with Crippen molar-refractivity contribution in [3.63, 3.8) is 0 Å². The van der Waals surface area contributed by atoms with Crippen molar-refractivity contribution in [1.82, 2.24) is 9.55 Å². The van der Waals surface area contributed by atoms with Crippen LogP contribution in [0.15, 0.2) is 164 Å². The largest absolute Gasteiger partial charge is 0.509 e. The van der Waals surface area contributed by atoms with Gasteiger partial charge in [-0.05, 0) is 75.8 Å². The Labute approximate surface area is 331 Å². The second-order valence-electron chi connectivity index (χ2n) is 14.3. The quantitative estimate of drug-likeness (QED) is 0.149. The van der Waals surface area contributed by atoms with Crippen molar-refractivity contribution in [2.45, 2.75) is 26.2 Å². The van der Waals surface area contributed by atoms with Gasteiger partial charge in [-0.15, -0.1) is 48.1 Å². The summed E-state index contributed by atoms with van der Waals surface area (Å²) in [7, 11) is 0. The number of aromatic nitrogens is 2. The van der Waals surface area contributed by atoms with Crippen LogP contribution in [0, 0.1) is 18.8 Å². The average Bonchev–Trinajstić information content (AvgIpc) is 3.82. The van der Waals surface area contributed by atoms with Crippen LogP contribution in [0.2, 0.25) is 0 Å². The Bertz CT molecular complexity index is 2620. The van der Waals surface area contributed by atoms with Crippen molar-refractivity contribution >= 4 is 33.2 Å². The second-order valence-corrected chi connectivity index (χ2v) is 14.3. The molecule has 0 saturated carbocycles. The number of nitrogens with zero attached hydrogens (tertiary/aromatic N) is 4. The van der Waals surface area contributed by atoms with Crippen molar-refractivity contribution in [2.24, 2.45) is 0 Å². The molecule has 54 heavy (non-hydrogen) atoms. The molecule has 0 bridgehead atoms. The first-order valence-corrected chi connectivity index (χ1v) is 17.9. The summed E-state index contributed by atoms with van der Waals surface area (Å²) in [5, 5.41) is 2.24. The smallest absolute Gasteiger partial charge is 0.135 e. The van der Waals surface area contributed by atoms with Crippen LogP contribution in [0.3, 0.4) is 0 Å². The molecule has 0 N–H and O–H groups in total. The van der Waals surface area contributed by atoms with Crippen LogP contribution in [-0.2, 0) is 26.5 Å². The molecule has 8 aromatic rings. The molecule has 0 spiro atoms. The van der Waals surface area contributed by atoms with Gasteiger partial charge in [0.15, 0.2) is 0 Å². The molecule has 1 aliphatic heterocycles. The van der Waals surface area contributed by atoms with Gasteiger partial charge >= 0.3 is 0 Å².